The normalized spacial score (nSPS) is 14.6. The maximum atomic E-state index is 4.72. The fraction of sp³-hybridized carbons (Fsp3) is 0.500. The zero-order valence-corrected chi connectivity index (χ0v) is 13.3. The van der Waals surface area contributed by atoms with Gasteiger partial charge in [-0.25, -0.2) is 0 Å². The Kier molecular flexibility index (Phi) is 4.11. The minimum atomic E-state index is 0.739. The van der Waals surface area contributed by atoms with Crippen LogP contribution in [0.25, 0.3) is 11.1 Å². The molecule has 0 bridgehead atoms. The van der Waals surface area contributed by atoms with Gasteiger partial charge in [0, 0.05) is 30.4 Å². The van der Waals surface area contributed by atoms with Gasteiger partial charge >= 0.3 is 0 Å². The molecule has 21 heavy (non-hydrogen) atoms. The highest BCUT2D eigenvalue weighted by Gasteiger charge is 2.21. The van der Waals surface area contributed by atoms with Crippen molar-refractivity contribution < 1.29 is 0 Å². The molecule has 0 saturated heterocycles. The summed E-state index contributed by atoms with van der Waals surface area (Å²) in [7, 11) is 0. The first-order valence-corrected chi connectivity index (χ1v) is 8.06. The molecule has 1 N–H and O–H groups in total. The maximum Gasteiger partial charge on any atom is 0.0675 e. The maximum absolute atomic E-state index is 4.72. The second-order valence-corrected chi connectivity index (χ2v) is 6.08. The molecule has 0 aliphatic heterocycles. The molecule has 2 aromatic rings. The first-order valence-electron chi connectivity index (χ1n) is 8.06. The average Bonchev–Trinajstić information content (AvgIpc) is 3.26. The second-order valence-electron chi connectivity index (χ2n) is 6.08. The number of hydrogen-bond acceptors (Lipinski definition) is 2. The molecule has 1 aliphatic rings. The molecule has 1 heterocycles. The van der Waals surface area contributed by atoms with Crippen LogP contribution in [0, 0.1) is 13.8 Å². The summed E-state index contributed by atoms with van der Waals surface area (Å²) in [4.78, 5) is 0. The van der Waals surface area contributed by atoms with Gasteiger partial charge in [-0.3, -0.25) is 4.68 Å². The van der Waals surface area contributed by atoms with Crippen molar-refractivity contribution in [1.82, 2.24) is 15.1 Å². The third-order valence-electron chi connectivity index (χ3n) is 4.26. The van der Waals surface area contributed by atoms with Crippen molar-refractivity contribution in [2.24, 2.45) is 0 Å². The number of aromatic nitrogens is 2. The largest absolute Gasteiger partial charge is 0.310 e. The van der Waals surface area contributed by atoms with Crippen LogP contribution in [0.1, 0.15) is 43.1 Å². The molecule has 0 unspecified atom stereocenters. The highest BCUT2D eigenvalue weighted by atomic mass is 15.3. The fourth-order valence-electron chi connectivity index (χ4n) is 2.98. The summed E-state index contributed by atoms with van der Waals surface area (Å²) in [6.07, 6.45) is 3.77. The minimum absolute atomic E-state index is 0.739. The zero-order chi connectivity index (χ0) is 14.8. The van der Waals surface area contributed by atoms with Crippen LogP contribution in [0.3, 0.4) is 0 Å². The summed E-state index contributed by atoms with van der Waals surface area (Å²) in [6.45, 7) is 8.47. The molecule has 1 aliphatic carbocycles. The third kappa shape index (κ3) is 3.03. The van der Waals surface area contributed by atoms with Crippen LogP contribution >= 0.6 is 0 Å². The van der Waals surface area contributed by atoms with Crippen LogP contribution in [0.2, 0.25) is 0 Å². The number of nitrogens with zero attached hydrogens (tertiary/aromatic N) is 2. The Balaban J connectivity index is 1.95. The SMILES string of the molecule is CCCn1nc(C)c(-c2ccccc2CNC2CC2)c1C. The predicted octanol–water partition coefficient (Wildman–Crippen LogP) is 3.83. The van der Waals surface area contributed by atoms with E-state index in [0.717, 1.165) is 31.2 Å². The molecule has 3 heteroatoms. The van der Waals surface area contributed by atoms with Gasteiger partial charge < -0.3 is 5.32 Å². The molecule has 0 radical (unpaired) electrons. The molecule has 3 rings (SSSR count). The monoisotopic (exact) mass is 283 g/mol. The smallest absolute Gasteiger partial charge is 0.0675 e. The number of rotatable bonds is 6. The van der Waals surface area contributed by atoms with Crippen molar-refractivity contribution in [3.63, 3.8) is 0 Å². The lowest BCUT2D eigenvalue weighted by molar-refractivity contribution is 0.583. The van der Waals surface area contributed by atoms with E-state index in [2.05, 4.69) is 55.0 Å². The van der Waals surface area contributed by atoms with Crippen LogP contribution in [-0.4, -0.2) is 15.8 Å². The number of hydrogen-bond donors (Lipinski definition) is 1. The topological polar surface area (TPSA) is 29.9 Å². The van der Waals surface area contributed by atoms with E-state index < -0.39 is 0 Å². The van der Waals surface area contributed by atoms with E-state index in [1.807, 2.05) is 0 Å². The van der Waals surface area contributed by atoms with E-state index in [1.54, 1.807) is 0 Å². The Labute approximate surface area is 127 Å². The van der Waals surface area contributed by atoms with Crippen molar-refractivity contribution in [1.29, 1.82) is 0 Å². The Bertz CT molecular complexity index is 623. The van der Waals surface area contributed by atoms with Gasteiger partial charge in [-0.1, -0.05) is 31.2 Å². The van der Waals surface area contributed by atoms with Gasteiger partial charge in [0.1, 0.15) is 0 Å². The average molecular weight is 283 g/mol. The summed E-state index contributed by atoms with van der Waals surface area (Å²) < 4.78 is 2.15. The molecular formula is C18H25N3. The predicted molar refractivity (Wildman–Crippen MR) is 87.3 cm³/mol. The summed E-state index contributed by atoms with van der Waals surface area (Å²) in [5.74, 6) is 0. The van der Waals surface area contributed by atoms with Crippen molar-refractivity contribution >= 4 is 0 Å². The van der Waals surface area contributed by atoms with Crippen molar-refractivity contribution in [3.8, 4) is 11.1 Å². The van der Waals surface area contributed by atoms with Crippen LogP contribution in [0.4, 0.5) is 0 Å². The molecule has 1 fully saturated rings. The first kappa shape index (κ1) is 14.3. The van der Waals surface area contributed by atoms with Gasteiger partial charge in [0.05, 0.1) is 5.69 Å². The molecule has 112 valence electrons. The molecule has 1 aromatic heterocycles. The highest BCUT2D eigenvalue weighted by molar-refractivity contribution is 5.71. The molecule has 1 aromatic carbocycles. The van der Waals surface area contributed by atoms with E-state index in [9.17, 15) is 0 Å². The summed E-state index contributed by atoms with van der Waals surface area (Å²) in [6, 6.07) is 9.47. The Morgan fingerprint density at radius 1 is 1.24 bits per heavy atom. The Morgan fingerprint density at radius 2 is 2.00 bits per heavy atom. The number of benzene rings is 1. The summed E-state index contributed by atoms with van der Waals surface area (Å²) in [5, 5.41) is 8.35. The molecule has 0 spiro atoms. The van der Waals surface area contributed by atoms with Gasteiger partial charge in [0.15, 0.2) is 0 Å². The number of nitrogens with one attached hydrogen (secondary N) is 1. The molecule has 3 nitrogen and oxygen atoms in total. The van der Waals surface area contributed by atoms with Crippen molar-refractivity contribution in [2.45, 2.75) is 59.2 Å². The van der Waals surface area contributed by atoms with Gasteiger partial charge in [0.25, 0.3) is 0 Å². The zero-order valence-electron chi connectivity index (χ0n) is 13.3. The van der Waals surface area contributed by atoms with Gasteiger partial charge in [-0.05, 0) is 44.2 Å². The first-order chi connectivity index (χ1) is 10.2. The van der Waals surface area contributed by atoms with Crippen molar-refractivity contribution in [3.05, 3.63) is 41.2 Å². The molecular weight excluding hydrogens is 258 g/mol. The van der Waals surface area contributed by atoms with Crippen LogP contribution in [-0.2, 0) is 13.1 Å². The van der Waals surface area contributed by atoms with Gasteiger partial charge in [-0.15, -0.1) is 0 Å². The third-order valence-corrected chi connectivity index (χ3v) is 4.26. The lowest BCUT2D eigenvalue weighted by atomic mass is 9.98. The quantitative estimate of drug-likeness (QED) is 0.873. The molecule has 1 saturated carbocycles. The van der Waals surface area contributed by atoms with E-state index in [0.29, 0.717) is 0 Å². The lowest BCUT2D eigenvalue weighted by Crippen LogP contribution is -2.15. The fourth-order valence-corrected chi connectivity index (χ4v) is 2.98. The lowest BCUT2D eigenvalue weighted by Gasteiger charge is -2.11. The Hall–Kier alpha value is -1.61. The van der Waals surface area contributed by atoms with Crippen LogP contribution in [0.15, 0.2) is 24.3 Å². The van der Waals surface area contributed by atoms with Crippen molar-refractivity contribution in [2.75, 3.05) is 0 Å². The number of aryl methyl sites for hydroxylation is 2. The minimum Gasteiger partial charge on any atom is -0.310 e. The van der Waals surface area contributed by atoms with E-state index in [4.69, 9.17) is 5.10 Å². The van der Waals surface area contributed by atoms with E-state index in [-0.39, 0.29) is 0 Å². The second kappa shape index (κ2) is 6.02. The highest BCUT2D eigenvalue weighted by Crippen LogP contribution is 2.30. The van der Waals surface area contributed by atoms with Gasteiger partial charge in [-0.2, -0.15) is 5.10 Å². The Morgan fingerprint density at radius 3 is 2.71 bits per heavy atom. The molecule has 0 amide bonds. The van der Waals surface area contributed by atoms with E-state index >= 15 is 0 Å². The van der Waals surface area contributed by atoms with Gasteiger partial charge in [0.2, 0.25) is 0 Å². The van der Waals surface area contributed by atoms with E-state index in [1.165, 1.54) is 35.2 Å². The summed E-state index contributed by atoms with van der Waals surface area (Å²) >= 11 is 0. The van der Waals surface area contributed by atoms with Crippen LogP contribution in [0.5, 0.6) is 0 Å². The van der Waals surface area contributed by atoms with Crippen LogP contribution < -0.4 is 5.32 Å². The summed E-state index contributed by atoms with van der Waals surface area (Å²) in [5.41, 5.74) is 6.46. The molecule has 0 atom stereocenters. The standard InChI is InChI=1S/C18H25N3/c1-4-11-21-14(3)18(13(2)20-21)17-8-6-5-7-15(17)12-19-16-9-10-16/h5-8,16,19H,4,9-12H2,1-3H3.